The van der Waals surface area contributed by atoms with E-state index in [1.807, 2.05) is 60.7 Å². The van der Waals surface area contributed by atoms with Crippen molar-refractivity contribution in [2.24, 2.45) is 0 Å². The van der Waals surface area contributed by atoms with Crippen LogP contribution in [0.5, 0.6) is 0 Å². The van der Waals surface area contributed by atoms with Gasteiger partial charge >= 0.3 is 0 Å². The standard InChI is InChI=1S/C20H21N3O3S/c1-27(25,26)23-19(12-11-15-7-3-2-4-8-15)20(24)22-17-13-16-9-5-6-10-18(16)21-14-17/h2-10,13-14,19,23H,11-12H2,1H3,(H,22,24)/t19-/m1/s1. The first kappa shape index (κ1) is 19.0. The fraction of sp³-hybridized carbons (Fsp3) is 0.200. The molecule has 3 rings (SSSR count). The lowest BCUT2D eigenvalue weighted by molar-refractivity contribution is -0.117. The smallest absolute Gasteiger partial charge is 0.242 e. The van der Waals surface area contributed by atoms with Crippen LogP contribution in [0.25, 0.3) is 10.9 Å². The topological polar surface area (TPSA) is 88.2 Å². The van der Waals surface area contributed by atoms with Crippen LogP contribution in [0.4, 0.5) is 5.69 Å². The highest BCUT2D eigenvalue weighted by Gasteiger charge is 2.22. The number of nitrogens with zero attached hydrogens (tertiary/aromatic N) is 1. The number of anilines is 1. The number of pyridine rings is 1. The molecule has 0 spiro atoms. The Balaban J connectivity index is 1.74. The average molecular weight is 383 g/mol. The van der Waals surface area contributed by atoms with Crippen molar-refractivity contribution >= 4 is 32.5 Å². The molecule has 6 nitrogen and oxygen atoms in total. The van der Waals surface area contributed by atoms with Gasteiger partial charge in [-0.3, -0.25) is 9.78 Å². The van der Waals surface area contributed by atoms with Crippen LogP contribution >= 0.6 is 0 Å². The summed E-state index contributed by atoms with van der Waals surface area (Å²) in [5, 5.41) is 3.66. The number of amides is 1. The van der Waals surface area contributed by atoms with Crippen molar-refractivity contribution < 1.29 is 13.2 Å². The lowest BCUT2D eigenvalue weighted by atomic mass is 10.1. The zero-order chi connectivity index (χ0) is 19.3. The highest BCUT2D eigenvalue weighted by atomic mass is 32.2. The van der Waals surface area contributed by atoms with Crippen molar-refractivity contribution in [2.75, 3.05) is 11.6 Å². The van der Waals surface area contributed by atoms with Crippen molar-refractivity contribution in [2.45, 2.75) is 18.9 Å². The molecule has 2 aromatic carbocycles. The number of benzene rings is 2. The van der Waals surface area contributed by atoms with Gasteiger partial charge in [0.05, 0.1) is 23.7 Å². The maximum atomic E-state index is 12.7. The second-order valence-corrected chi connectivity index (χ2v) is 8.15. The summed E-state index contributed by atoms with van der Waals surface area (Å²) in [4.78, 5) is 17.0. The largest absolute Gasteiger partial charge is 0.323 e. The summed E-state index contributed by atoms with van der Waals surface area (Å²) in [5.41, 5.74) is 2.39. The Morgan fingerprint density at radius 1 is 1.07 bits per heavy atom. The average Bonchev–Trinajstić information content (AvgIpc) is 2.65. The molecule has 1 heterocycles. The SMILES string of the molecule is CS(=O)(=O)N[C@H](CCc1ccccc1)C(=O)Nc1cnc2ccccc2c1. The van der Waals surface area contributed by atoms with E-state index in [2.05, 4.69) is 15.0 Å². The third-order valence-corrected chi connectivity index (χ3v) is 4.81. The maximum Gasteiger partial charge on any atom is 0.242 e. The van der Waals surface area contributed by atoms with Gasteiger partial charge in [-0.05, 0) is 30.5 Å². The number of fused-ring (bicyclic) bond motifs is 1. The van der Waals surface area contributed by atoms with E-state index in [0.29, 0.717) is 18.5 Å². The predicted molar refractivity (Wildman–Crippen MR) is 107 cm³/mol. The molecule has 0 bridgehead atoms. The molecule has 0 aliphatic heterocycles. The molecule has 140 valence electrons. The van der Waals surface area contributed by atoms with Crippen LogP contribution in [0, 0.1) is 0 Å². The number of hydrogen-bond acceptors (Lipinski definition) is 4. The first-order valence-electron chi connectivity index (χ1n) is 8.57. The van der Waals surface area contributed by atoms with Crippen molar-refractivity contribution in [1.82, 2.24) is 9.71 Å². The lowest BCUT2D eigenvalue weighted by Crippen LogP contribution is -2.43. The Bertz CT molecular complexity index is 1040. The maximum absolute atomic E-state index is 12.7. The normalized spacial score (nSPS) is 12.6. The minimum Gasteiger partial charge on any atom is -0.323 e. The molecule has 2 N–H and O–H groups in total. The molecule has 0 aliphatic carbocycles. The number of aryl methyl sites for hydroxylation is 1. The van der Waals surface area contributed by atoms with E-state index < -0.39 is 22.0 Å². The van der Waals surface area contributed by atoms with E-state index in [9.17, 15) is 13.2 Å². The molecule has 0 aliphatic rings. The van der Waals surface area contributed by atoms with Crippen LogP contribution in [0.3, 0.4) is 0 Å². The summed E-state index contributed by atoms with van der Waals surface area (Å²) in [5.74, 6) is -0.409. The first-order chi connectivity index (χ1) is 12.9. The van der Waals surface area contributed by atoms with E-state index in [0.717, 1.165) is 22.7 Å². The van der Waals surface area contributed by atoms with E-state index in [4.69, 9.17) is 0 Å². The van der Waals surface area contributed by atoms with Gasteiger partial charge in [0, 0.05) is 5.39 Å². The van der Waals surface area contributed by atoms with Crippen LogP contribution in [-0.2, 0) is 21.2 Å². The van der Waals surface area contributed by atoms with Crippen molar-refractivity contribution in [1.29, 1.82) is 0 Å². The fourth-order valence-corrected chi connectivity index (χ4v) is 3.57. The van der Waals surface area contributed by atoms with E-state index >= 15 is 0 Å². The van der Waals surface area contributed by atoms with Crippen molar-refractivity contribution in [3.05, 3.63) is 72.4 Å². The van der Waals surface area contributed by atoms with Crippen LogP contribution in [0.1, 0.15) is 12.0 Å². The van der Waals surface area contributed by atoms with Gasteiger partial charge in [0.25, 0.3) is 0 Å². The first-order valence-corrected chi connectivity index (χ1v) is 10.5. The van der Waals surface area contributed by atoms with Crippen LogP contribution in [0.15, 0.2) is 66.9 Å². The minimum absolute atomic E-state index is 0.351. The second kappa shape index (κ2) is 8.28. The molecule has 27 heavy (non-hydrogen) atoms. The van der Waals surface area contributed by atoms with Gasteiger partial charge in [0.2, 0.25) is 15.9 Å². The number of rotatable bonds is 7. The number of nitrogens with one attached hydrogen (secondary N) is 2. The van der Waals surface area contributed by atoms with Gasteiger partial charge in [0.1, 0.15) is 6.04 Å². The Morgan fingerprint density at radius 2 is 1.78 bits per heavy atom. The zero-order valence-corrected chi connectivity index (χ0v) is 15.7. The molecule has 1 aromatic heterocycles. The lowest BCUT2D eigenvalue weighted by Gasteiger charge is -2.17. The van der Waals surface area contributed by atoms with Crippen LogP contribution in [0.2, 0.25) is 0 Å². The van der Waals surface area contributed by atoms with Crippen molar-refractivity contribution in [3.63, 3.8) is 0 Å². The summed E-state index contributed by atoms with van der Waals surface area (Å²) in [6.07, 6.45) is 3.55. The number of carbonyl (C=O) groups excluding carboxylic acids is 1. The third-order valence-electron chi connectivity index (χ3n) is 4.10. The Hall–Kier alpha value is -2.77. The van der Waals surface area contributed by atoms with Gasteiger partial charge < -0.3 is 5.32 Å². The molecule has 0 unspecified atom stereocenters. The number of para-hydroxylation sites is 1. The van der Waals surface area contributed by atoms with Crippen LogP contribution in [-0.4, -0.2) is 31.6 Å². The molecule has 0 fully saturated rings. The molecular formula is C20H21N3O3S. The molecule has 1 amide bonds. The second-order valence-electron chi connectivity index (χ2n) is 6.37. The zero-order valence-electron chi connectivity index (χ0n) is 14.9. The number of carbonyl (C=O) groups is 1. The third kappa shape index (κ3) is 5.60. The van der Waals surface area contributed by atoms with Crippen molar-refractivity contribution in [3.8, 4) is 0 Å². The Kier molecular flexibility index (Phi) is 5.83. The van der Waals surface area contributed by atoms with E-state index in [1.54, 1.807) is 6.20 Å². The van der Waals surface area contributed by atoms with E-state index in [-0.39, 0.29) is 0 Å². The summed E-state index contributed by atoms with van der Waals surface area (Å²) in [7, 11) is -3.53. The predicted octanol–water partition coefficient (Wildman–Crippen LogP) is 2.72. The fourth-order valence-electron chi connectivity index (χ4n) is 2.83. The molecule has 0 radical (unpaired) electrons. The van der Waals surface area contributed by atoms with Gasteiger partial charge in [-0.1, -0.05) is 48.5 Å². The van der Waals surface area contributed by atoms with Gasteiger partial charge in [-0.25, -0.2) is 13.1 Å². The van der Waals surface area contributed by atoms with Gasteiger partial charge in [-0.15, -0.1) is 0 Å². The molecule has 0 saturated heterocycles. The molecule has 3 aromatic rings. The highest BCUT2D eigenvalue weighted by molar-refractivity contribution is 7.88. The number of hydrogen-bond donors (Lipinski definition) is 2. The highest BCUT2D eigenvalue weighted by Crippen LogP contribution is 2.17. The summed E-state index contributed by atoms with van der Waals surface area (Å²) >= 11 is 0. The van der Waals surface area contributed by atoms with Gasteiger partial charge in [0.15, 0.2) is 0 Å². The monoisotopic (exact) mass is 383 g/mol. The summed E-state index contributed by atoms with van der Waals surface area (Å²) in [6.45, 7) is 0. The van der Waals surface area contributed by atoms with E-state index in [1.165, 1.54) is 0 Å². The quantitative estimate of drug-likeness (QED) is 0.657. The molecule has 7 heteroatoms. The minimum atomic E-state index is -3.53. The summed E-state index contributed by atoms with van der Waals surface area (Å²) < 4.78 is 25.8. The Labute approximate surface area is 158 Å². The number of sulfonamides is 1. The summed E-state index contributed by atoms with van der Waals surface area (Å²) in [6, 6.07) is 18.1. The van der Waals surface area contributed by atoms with Gasteiger partial charge in [-0.2, -0.15) is 0 Å². The molecule has 1 atom stereocenters. The number of aromatic nitrogens is 1. The van der Waals surface area contributed by atoms with Crippen LogP contribution < -0.4 is 10.0 Å². The molecule has 0 saturated carbocycles. The molecular weight excluding hydrogens is 362 g/mol. The Morgan fingerprint density at radius 3 is 2.52 bits per heavy atom.